The van der Waals surface area contributed by atoms with Crippen LogP contribution in [0.4, 0.5) is 5.69 Å². The normalized spacial score (nSPS) is 10.6. The average Bonchev–Trinajstić information content (AvgIpc) is 2.84. The van der Waals surface area contributed by atoms with Crippen LogP contribution in [0.2, 0.25) is 0 Å². The predicted molar refractivity (Wildman–Crippen MR) is 77.9 cm³/mol. The molecule has 2 rings (SSSR count). The summed E-state index contributed by atoms with van der Waals surface area (Å²) in [5, 5.41) is 17.9. The number of nitrogens with zero attached hydrogens (tertiary/aromatic N) is 3. The summed E-state index contributed by atoms with van der Waals surface area (Å²) in [6, 6.07) is 4.65. The SMILES string of the molecule is COCCn1c(-c2cccc([N+](=O)[O-])c2OC)n[nH]c1=S. The molecule has 112 valence electrons. The van der Waals surface area contributed by atoms with Crippen LogP contribution in [-0.2, 0) is 11.3 Å². The summed E-state index contributed by atoms with van der Waals surface area (Å²) in [6.45, 7) is 0.922. The number of nitro groups is 1. The number of ether oxygens (including phenoxy) is 2. The van der Waals surface area contributed by atoms with Crippen LogP contribution < -0.4 is 4.74 Å². The van der Waals surface area contributed by atoms with Gasteiger partial charge in [-0.15, -0.1) is 0 Å². The van der Waals surface area contributed by atoms with Gasteiger partial charge in [0.05, 0.1) is 30.7 Å². The van der Waals surface area contributed by atoms with E-state index < -0.39 is 4.92 Å². The van der Waals surface area contributed by atoms with E-state index in [-0.39, 0.29) is 11.4 Å². The highest BCUT2D eigenvalue weighted by atomic mass is 32.1. The van der Waals surface area contributed by atoms with Crippen LogP contribution in [0.3, 0.4) is 0 Å². The molecule has 0 saturated carbocycles. The van der Waals surface area contributed by atoms with Crippen LogP contribution in [0, 0.1) is 14.9 Å². The number of hydrogen-bond acceptors (Lipinski definition) is 6. The number of nitrogens with one attached hydrogen (secondary N) is 1. The number of hydrogen-bond donors (Lipinski definition) is 1. The first-order chi connectivity index (χ1) is 10.1. The lowest BCUT2D eigenvalue weighted by Crippen LogP contribution is -2.07. The van der Waals surface area contributed by atoms with Crippen molar-refractivity contribution >= 4 is 17.9 Å². The first-order valence-electron chi connectivity index (χ1n) is 6.06. The molecule has 1 N–H and O–H groups in total. The zero-order valence-electron chi connectivity index (χ0n) is 11.5. The summed E-state index contributed by atoms with van der Waals surface area (Å²) in [5.41, 5.74) is 0.373. The quantitative estimate of drug-likeness (QED) is 0.499. The Balaban J connectivity index is 2.59. The van der Waals surface area contributed by atoms with E-state index in [1.54, 1.807) is 23.8 Å². The lowest BCUT2D eigenvalue weighted by molar-refractivity contribution is -0.385. The molecule has 1 heterocycles. The molecule has 0 aliphatic rings. The van der Waals surface area contributed by atoms with Crippen LogP contribution in [0.1, 0.15) is 0 Å². The lowest BCUT2D eigenvalue weighted by atomic mass is 10.1. The van der Waals surface area contributed by atoms with Gasteiger partial charge in [-0.1, -0.05) is 6.07 Å². The Kier molecular flexibility index (Phi) is 4.66. The number of para-hydroxylation sites is 1. The Morgan fingerprint density at radius 2 is 2.24 bits per heavy atom. The standard InChI is InChI=1S/C12H14N4O4S/c1-19-7-6-15-11(13-14-12(15)21)8-4-3-5-9(16(17)18)10(8)20-2/h3-5H,6-7H2,1-2H3,(H,14,21). The van der Waals surface area contributed by atoms with E-state index >= 15 is 0 Å². The van der Waals surface area contributed by atoms with Crippen LogP contribution >= 0.6 is 12.2 Å². The van der Waals surface area contributed by atoms with Crippen molar-refractivity contribution in [3.63, 3.8) is 0 Å². The van der Waals surface area contributed by atoms with E-state index in [0.29, 0.717) is 29.3 Å². The summed E-state index contributed by atoms with van der Waals surface area (Å²) in [6.07, 6.45) is 0. The molecule has 0 radical (unpaired) electrons. The third kappa shape index (κ3) is 2.93. The lowest BCUT2D eigenvalue weighted by Gasteiger charge is -2.10. The summed E-state index contributed by atoms with van der Waals surface area (Å²) in [4.78, 5) is 10.6. The van der Waals surface area contributed by atoms with Crippen molar-refractivity contribution in [1.29, 1.82) is 0 Å². The number of aromatic amines is 1. The van der Waals surface area contributed by atoms with E-state index in [4.69, 9.17) is 21.7 Å². The molecule has 0 fully saturated rings. The third-order valence-electron chi connectivity index (χ3n) is 2.91. The fraction of sp³-hybridized carbons (Fsp3) is 0.333. The van der Waals surface area contributed by atoms with Gasteiger partial charge in [-0.05, 0) is 18.3 Å². The second-order valence-corrected chi connectivity index (χ2v) is 4.50. The Morgan fingerprint density at radius 1 is 1.48 bits per heavy atom. The predicted octanol–water partition coefficient (Wildman–Crippen LogP) is 2.17. The molecule has 0 saturated heterocycles. The van der Waals surface area contributed by atoms with E-state index in [9.17, 15) is 10.1 Å². The van der Waals surface area contributed by atoms with Crippen molar-refractivity contribution in [3.8, 4) is 17.1 Å². The number of benzene rings is 1. The first kappa shape index (κ1) is 15.1. The van der Waals surface area contributed by atoms with E-state index in [2.05, 4.69) is 10.2 Å². The average molecular weight is 310 g/mol. The van der Waals surface area contributed by atoms with Gasteiger partial charge in [-0.2, -0.15) is 5.10 Å². The van der Waals surface area contributed by atoms with Gasteiger partial charge in [0, 0.05) is 13.2 Å². The topological polar surface area (TPSA) is 95.2 Å². The summed E-state index contributed by atoms with van der Waals surface area (Å²) < 4.78 is 12.3. The maximum Gasteiger partial charge on any atom is 0.311 e. The molecule has 0 unspecified atom stereocenters. The highest BCUT2D eigenvalue weighted by molar-refractivity contribution is 7.71. The first-order valence-corrected chi connectivity index (χ1v) is 6.47. The molecule has 21 heavy (non-hydrogen) atoms. The monoisotopic (exact) mass is 310 g/mol. The molecular weight excluding hydrogens is 296 g/mol. The van der Waals surface area contributed by atoms with E-state index in [1.165, 1.54) is 13.2 Å². The maximum atomic E-state index is 11.1. The van der Waals surface area contributed by atoms with Crippen LogP contribution in [0.25, 0.3) is 11.4 Å². The van der Waals surface area contributed by atoms with Gasteiger partial charge in [0.15, 0.2) is 10.6 Å². The van der Waals surface area contributed by atoms with Gasteiger partial charge >= 0.3 is 5.69 Å². The minimum atomic E-state index is -0.497. The largest absolute Gasteiger partial charge is 0.490 e. The van der Waals surface area contributed by atoms with Crippen molar-refractivity contribution in [2.75, 3.05) is 20.8 Å². The fourth-order valence-electron chi connectivity index (χ4n) is 1.97. The van der Waals surface area contributed by atoms with Crippen molar-refractivity contribution < 1.29 is 14.4 Å². The highest BCUT2D eigenvalue weighted by Crippen LogP contribution is 2.36. The van der Waals surface area contributed by atoms with Gasteiger partial charge in [0.1, 0.15) is 0 Å². The van der Waals surface area contributed by atoms with Gasteiger partial charge < -0.3 is 9.47 Å². The van der Waals surface area contributed by atoms with Crippen LogP contribution in [0.5, 0.6) is 5.75 Å². The highest BCUT2D eigenvalue weighted by Gasteiger charge is 2.22. The summed E-state index contributed by atoms with van der Waals surface area (Å²) >= 11 is 5.16. The number of methoxy groups -OCH3 is 2. The second-order valence-electron chi connectivity index (χ2n) is 4.11. The molecule has 0 aliphatic heterocycles. The van der Waals surface area contributed by atoms with Gasteiger partial charge in [0.2, 0.25) is 5.75 Å². The molecule has 0 bridgehead atoms. The summed E-state index contributed by atoms with van der Waals surface area (Å²) in [7, 11) is 2.96. The van der Waals surface area contributed by atoms with Crippen molar-refractivity contribution in [3.05, 3.63) is 33.1 Å². The molecule has 0 atom stereocenters. The minimum absolute atomic E-state index is 0.123. The molecule has 8 nitrogen and oxygen atoms in total. The second kappa shape index (κ2) is 6.46. The Hall–Kier alpha value is -2.26. The zero-order valence-corrected chi connectivity index (χ0v) is 12.3. The molecule has 1 aromatic heterocycles. The van der Waals surface area contributed by atoms with Crippen molar-refractivity contribution in [1.82, 2.24) is 14.8 Å². The fourth-order valence-corrected chi connectivity index (χ4v) is 2.20. The summed E-state index contributed by atoms with van der Waals surface area (Å²) in [5.74, 6) is 0.618. The van der Waals surface area contributed by atoms with Crippen LogP contribution in [0.15, 0.2) is 18.2 Å². The number of H-pyrrole nitrogens is 1. The van der Waals surface area contributed by atoms with E-state index in [1.807, 2.05) is 0 Å². The number of aromatic nitrogens is 3. The van der Waals surface area contributed by atoms with Gasteiger partial charge in [-0.25, -0.2) is 0 Å². The molecule has 0 amide bonds. The Labute approximate surface area is 125 Å². The van der Waals surface area contributed by atoms with Crippen molar-refractivity contribution in [2.45, 2.75) is 6.54 Å². The molecule has 2 aromatic rings. The number of rotatable bonds is 6. The molecule has 0 spiro atoms. The third-order valence-corrected chi connectivity index (χ3v) is 3.22. The number of nitro benzene ring substituents is 1. The van der Waals surface area contributed by atoms with Gasteiger partial charge in [0.25, 0.3) is 0 Å². The molecule has 0 aliphatic carbocycles. The van der Waals surface area contributed by atoms with E-state index in [0.717, 1.165) is 0 Å². The van der Waals surface area contributed by atoms with Gasteiger partial charge in [-0.3, -0.25) is 19.8 Å². The molecule has 9 heteroatoms. The Bertz CT molecular complexity index is 710. The molecule has 1 aromatic carbocycles. The minimum Gasteiger partial charge on any atom is -0.490 e. The maximum absolute atomic E-state index is 11.1. The molecular formula is C12H14N4O4S. The van der Waals surface area contributed by atoms with Crippen molar-refractivity contribution in [2.24, 2.45) is 0 Å². The zero-order chi connectivity index (χ0) is 15.4. The Morgan fingerprint density at radius 3 is 2.86 bits per heavy atom. The van der Waals surface area contributed by atoms with Crippen LogP contribution in [-0.4, -0.2) is 40.5 Å². The smallest absolute Gasteiger partial charge is 0.311 e.